The van der Waals surface area contributed by atoms with Gasteiger partial charge >= 0.3 is 0 Å². The molecule has 0 aliphatic rings. The lowest BCUT2D eigenvalue weighted by Gasteiger charge is -2.10. The van der Waals surface area contributed by atoms with Crippen LogP contribution in [0.3, 0.4) is 0 Å². The number of hydrogen-bond acceptors (Lipinski definition) is 3. The van der Waals surface area contributed by atoms with Gasteiger partial charge in [-0.1, -0.05) is 42.5 Å². The summed E-state index contributed by atoms with van der Waals surface area (Å²) < 4.78 is 10.6. The first-order valence-electron chi connectivity index (χ1n) is 7.60. The lowest BCUT2D eigenvalue weighted by atomic mass is 10.1. The SMILES string of the molecule is C=C(/C=C\C=C/C)CCNCCc1ccc(OC)c(OC)c1. The Kier molecular flexibility index (Phi) is 8.77. The molecule has 3 nitrogen and oxygen atoms in total. The minimum absolute atomic E-state index is 0.767. The van der Waals surface area contributed by atoms with Crippen molar-refractivity contribution in [1.29, 1.82) is 0 Å². The zero-order valence-corrected chi connectivity index (χ0v) is 13.9. The molecule has 3 heteroatoms. The highest BCUT2D eigenvalue weighted by Gasteiger charge is 2.04. The predicted molar refractivity (Wildman–Crippen MR) is 93.8 cm³/mol. The van der Waals surface area contributed by atoms with Gasteiger partial charge in [-0.05, 0) is 50.6 Å². The van der Waals surface area contributed by atoms with Crippen LogP contribution in [0.4, 0.5) is 0 Å². The fourth-order valence-electron chi connectivity index (χ4n) is 2.03. The van der Waals surface area contributed by atoms with Crippen molar-refractivity contribution >= 4 is 0 Å². The Morgan fingerprint density at radius 2 is 1.91 bits per heavy atom. The standard InChI is InChI=1S/C19H27NO2/c1-5-6-7-8-16(2)11-13-20-14-12-17-9-10-18(21-3)19(15-17)22-4/h5-10,15,20H,2,11-14H2,1,3-4H3/b6-5-,8-7-. The molecule has 0 aliphatic carbocycles. The molecule has 0 fully saturated rings. The van der Waals surface area contributed by atoms with Crippen LogP contribution in [0.15, 0.2) is 54.7 Å². The van der Waals surface area contributed by atoms with Crippen LogP contribution in [0.1, 0.15) is 18.9 Å². The van der Waals surface area contributed by atoms with E-state index in [0.717, 1.165) is 43.0 Å². The molecule has 1 aromatic rings. The summed E-state index contributed by atoms with van der Waals surface area (Å²) in [6.07, 6.45) is 10.0. The predicted octanol–water partition coefficient (Wildman–Crippen LogP) is 3.91. The zero-order chi connectivity index (χ0) is 16.2. The highest BCUT2D eigenvalue weighted by Crippen LogP contribution is 2.27. The van der Waals surface area contributed by atoms with E-state index in [9.17, 15) is 0 Å². The van der Waals surface area contributed by atoms with Crippen molar-refractivity contribution in [3.8, 4) is 11.5 Å². The molecule has 0 heterocycles. The van der Waals surface area contributed by atoms with Crippen molar-refractivity contribution in [1.82, 2.24) is 5.32 Å². The Morgan fingerprint density at radius 3 is 2.59 bits per heavy atom. The summed E-state index contributed by atoms with van der Waals surface area (Å²) >= 11 is 0. The molecule has 0 radical (unpaired) electrons. The van der Waals surface area contributed by atoms with Crippen molar-refractivity contribution in [3.63, 3.8) is 0 Å². The Labute approximate surface area is 134 Å². The summed E-state index contributed by atoms with van der Waals surface area (Å²) in [4.78, 5) is 0. The van der Waals surface area contributed by atoms with E-state index in [2.05, 4.69) is 24.0 Å². The van der Waals surface area contributed by atoms with Gasteiger partial charge in [-0.2, -0.15) is 0 Å². The maximum absolute atomic E-state index is 5.31. The van der Waals surface area contributed by atoms with E-state index >= 15 is 0 Å². The molecule has 1 rings (SSSR count). The monoisotopic (exact) mass is 301 g/mol. The van der Waals surface area contributed by atoms with E-state index in [4.69, 9.17) is 9.47 Å². The van der Waals surface area contributed by atoms with E-state index in [1.807, 2.05) is 37.3 Å². The van der Waals surface area contributed by atoms with Crippen LogP contribution in [0.2, 0.25) is 0 Å². The molecule has 0 saturated heterocycles. The number of allylic oxidation sites excluding steroid dienone is 4. The molecule has 0 unspecified atom stereocenters. The molecule has 0 spiro atoms. The first-order valence-corrected chi connectivity index (χ1v) is 7.60. The normalized spacial score (nSPS) is 11.2. The minimum Gasteiger partial charge on any atom is -0.493 e. The van der Waals surface area contributed by atoms with Gasteiger partial charge in [0.25, 0.3) is 0 Å². The second-order valence-corrected chi connectivity index (χ2v) is 4.98. The molecule has 22 heavy (non-hydrogen) atoms. The number of benzene rings is 1. The van der Waals surface area contributed by atoms with E-state index < -0.39 is 0 Å². The summed E-state index contributed by atoms with van der Waals surface area (Å²) in [7, 11) is 3.31. The van der Waals surface area contributed by atoms with Gasteiger partial charge in [0.1, 0.15) is 0 Å². The van der Waals surface area contributed by atoms with Gasteiger partial charge in [0.05, 0.1) is 14.2 Å². The Bertz CT molecular complexity index is 518. The number of hydrogen-bond donors (Lipinski definition) is 1. The molecule has 1 aromatic carbocycles. The fourth-order valence-corrected chi connectivity index (χ4v) is 2.03. The second-order valence-electron chi connectivity index (χ2n) is 4.98. The van der Waals surface area contributed by atoms with Crippen LogP contribution < -0.4 is 14.8 Å². The molecule has 0 atom stereocenters. The molecule has 0 aliphatic heterocycles. The summed E-state index contributed by atoms with van der Waals surface area (Å²) in [5.74, 6) is 1.55. The summed E-state index contributed by atoms with van der Waals surface area (Å²) in [5, 5.41) is 3.44. The number of nitrogens with one attached hydrogen (secondary N) is 1. The van der Waals surface area contributed by atoms with Crippen LogP contribution in [0.5, 0.6) is 11.5 Å². The smallest absolute Gasteiger partial charge is 0.160 e. The Hall–Kier alpha value is -2.00. The average molecular weight is 301 g/mol. The fraction of sp³-hybridized carbons (Fsp3) is 0.368. The molecular formula is C19H27NO2. The van der Waals surface area contributed by atoms with Gasteiger partial charge in [-0.25, -0.2) is 0 Å². The Balaban J connectivity index is 2.29. The quantitative estimate of drug-likeness (QED) is 0.525. The molecule has 0 aromatic heterocycles. The maximum Gasteiger partial charge on any atom is 0.160 e. The molecule has 0 amide bonds. The van der Waals surface area contributed by atoms with Gasteiger partial charge < -0.3 is 14.8 Å². The lowest BCUT2D eigenvalue weighted by Crippen LogP contribution is -2.18. The maximum atomic E-state index is 5.31. The number of ether oxygens (including phenoxy) is 2. The highest BCUT2D eigenvalue weighted by molar-refractivity contribution is 5.42. The van der Waals surface area contributed by atoms with E-state index in [-0.39, 0.29) is 0 Å². The summed E-state index contributed by atoms with van der Waals surface area (Å²) in [5.41, 5.74) is 2.37. The molecule has 1 N–H and O–H groups in total. The minimum atomic E-state index is 0.767. The van der Waals surface area contributed by atoms with Gasteiger partial charge in [0.2, 0.25) is 0 Å². The third-order valence-corrected chi connectivity index (χ3v) is 3.30. The lowest BCUT2D eigenvalue weighted by molar-refractivity contribution is 0.354. The van der Waals surface area contributed by atoms with E-state index in [0.29, 0.717) is 0 Å². The number of methoxy groups -OCH3 is 2. The van der Waals surface area contributed by atoms with Gasteiger partial charge in [0, 0.05) is 0 Å². The van der Waals surface area contributed by atoms with Crippen LogP contribution in [0, 0.1) is 0 Å². The molecular weight excluding hydrogens is 274 g/mol. The van der Waals surface area contributed by atoms with Crippen molar-refractivity contribution < 1.29 is 9.47 Å². The van der Waals surface area contributed by atoms with Gasteiger partial charge in [-0.15, -0.1) is 0 Å². The average Bonchev–Trinajstić information content (AvgIpc) is 2.54. The van der Waals surface area contributed by atoms with Gasteiger partial charge in [-0.3, -0.25) is 0 Å². The van der Waals surface area contributed by atoms with Crippen LogP contribution in [-0.2, 0) is 6.42 Å². The van der Waals surface area contributed by atoms with Crippen LogP contribution in [-0.4, -0.2) is 27.3 Å². The summed E-state index contributed by atoms with van der Waals surface area (Å²) in [6, 6.07) is 6.04. The third kappa shape index (κ3) is 6.64. The van der Waals surface area contributed by atoms with Crippen LogP contribution >= 0.6 is 0 Å². The van der Waals surface area contributed by atoms with Crippen molar-refractivity contribution in [2.45, 2.75) is 19.8 Å². The molecule has 0 bridgehead atoms. The van der Waals surface area contributed by atoms with Crippen molar-refractivity contribution in [2.24, 2.45) is 0 Å². The first-order chi connectivity index (χ1) is 10.7. The Morgan fingerprint density at radius 1 is 1.14 bits per heavy atom. The third-order valence-electron chi connectivity index (χ3n) is 3.30. The van der Waals surface area contributed by atoms with Crippen LogP contribution in [0.25, 0.3) is 0 Å². The van der Waals surface area contributed by atoms with E-state index in [1.54, 1.807) is 14.2 Å². The van der Waals surface area contributed by atoms with Crippen molar-refractivity contribution in [3.05, 3.63) is 60.2 Å². The summed E-state index contributed by atoms with van der Waals surface area (Å²) in [6.45, 7) is 7.90. The topological polar surface area (TPSA) is 30.5 Å². The van der Waals surface area contributed by atoms with E-state index in [1.165, 1.54) is 5.56 Å². The second kappa shape index (κ2) is 10.7. The van der Waals surface area contributed by atoms with Crippen molar-refractivity contribution in [2.75, 3.05) is 27.3 Å². The zero-order valence-electron chi connectivity index (χ0n) is 13.9. The largest absolute Gasteiger partial charge is 0.493 e. The first kappa shape index (κ1) is 18.1. The van der Waals surface area contributed by atoms with Gasteiger partial charge in [0.15, 0.2) is 11.5 Å². The highest BCUT2D eigenvalue weighted by atomic mass is 16.5. The molecule has 0 saturated carbocycles. The molecule has 120 valence electrons. The number of rotatable bonds is 10.